The number of nitrogens with two attached hydrogens (primary N) is 1. The van der Waals surface area contributed by atoms with Gasteiger partial charge in [0, 0.05) is 5.02 Å². The van der Waals surface area contributed by atoms with Crippen molar-refractivity contribution in [3.05, 3.63) is 111 Å². The number of hydrogen-bond donors (Lipinski definition) is 4. The molecule has 0 unspecified atom stereocenters. The molecule has 6 rings (SSSR count). The number of carbonyl (C=O) groups excluding carboxylic acids is 1. The van der Waals surface area contributed by atoms with E-state index in [0.29, 0.717) is 23.2 Å². The van der Waals surface area contributed by atoms with E-state index in [4.69, 9.17) is 17.3 Å². The summed E-state index contributed by atoms with van der Waals surface area (Å²) in [6.45, 7) is 0. The number of rotatable bonds is 10. The summed E-state index contributed by atoms with van der Waals surface area (Å²) >= 11 is 5.95. The van der Waals surface area contributed by atoms with Gasteiger partial charge in [0.2, 0.25) is 17.0 Å². The summed E-state index contributed by atoms with van der Waals surface area (Å²) in [6.07, 6.45) is -0.762. The quantitative estimate of drug-likeness (QED) is 0.0332. The molecule has 0 aliphatic heterocycles. The van der Waals surface area contributed by atoms with E-state index in [2.05, 4.69) is 40.3 Å². The number of benzene rings is 4. The zero-order chi connectivity index (χ0) is 43.9. The summed E-state index contributed by atoms with van der Waals surface area (Å²) in [5.41, 5.74) is 1.74. The molecule has 0 fully saturated rings. The molecule has 0 radical (unpaired) electrons. The van der Waals surface area contributed by atoms with Gasteiger partial charge in [-0.1, -0.05) is 17.7 Å². The number of nitrogens with zero attached hydrogens (tertiary/aromatic N) is 6. The average molecular weight is 1010 g/mol. The number of hydrogen-bond acceptors (Lipinski definition) is 21. The third-order valence-corrected chi connectivity index (χ3v) is 11.4. The maximum Gasteiger partial charge on any atom is 1.00 e. The molecule has 312 valence electrons. The molecule has 33 heteroatoms. The van der Waals surface area contributed by atoms with Crippen LogP contribution in [0.25, 0.3) is 6.08 Å². The standard InChI is InChI=1S/C31H22ClFN10O13S4.4Na/c32-15-2-1-3-17(12-15)35-30-37-29(33)38-31(39-30)36-18-6-9-21(58(48,49)50)20(13-18)41-43-27-23(60(54,55)56)11-14-10-22(59(51,52)53)26(25(34)24(14)28(27)44)42-40-16-4-7-19(8-5-16)57(45,46)47;;;;/h1-13,41H,34H2,(H,45,46,47)(H,48,49,50)(H,51,52,53)(H,54,55,56)(H2,35,36,37,38,39);;;;/q;4*+1/p-4/b42-40?,43-27+;;;;. The normalized spacial score (nSPS) is 14.1. The van der Waals surface area contributed by atoms with Crippen LogP contribution in [0.15, 0.2) is 118 Å². The first-order chi connectivity index (χ1) is 27.9. The smallest absolute Gasteiger partial charge is 0.744 e. The van der Waals surface area contributed by atoms with Crippen molar-refractivity contribution in [3.8, 4) is 0 Å². The van der Waals surface area contributed by atoms with Gasteiger partial charge in [0.25, 0.3) is 6.08 Å². The summed E-state index contributed by atoms with van der Waals surface area (Å²) in [5.74, 6) is -1.54. The van der Waals surface area contributed by atoms with Gasteiger partial charge < -0.3 is 23.9 Å². The van der Waals surface area contributed by atoms with Gasteiger partial charge in [0.15, 0.2) is 0 Å². The Labute approximate surface area is 454 Å². The van der Waals surface area contributed by atoms with Crippen LogP contribution in [0.3, 0.4) is 0 Å². The number of aromatic amines is 2. The van der Waals surface area contributed by atoms with Crippen molar-refractivity contribution in [1.82, 2.24) is 15.0 Å². The van der Waals surface area contributed by atoms with Gasteiger partial charge in [-0.15, -0.1) is 5.11 Å². The van der Waals surface area contributed by atoms with E-state index in [9.17, 15) is 61.1 Å². The zero-order valence-electron chi connectivity index (χ0n) is 33.0. The Kier molecular flexibility index (Phi) is 20.4. The van der Waals surface area contributed by atoms with Crippen molar-refractivity contribution in [1.29, 1.82) is 0 Å². The topological polar surface area (TPSA) is 390 Å². The minimum atomic E-state index is -5.73. The summed E-state index contributed by atoms with van der Waals surface area (Å²) in [4.78, 5) is 25.9. The number of anilines is 2. The molecule has 0 bridgehead atoms. The van der Waals surface area contributed by atoms with Crippen LogP contribution in [-0.4, -0.2) is 78.3 Å². The SMILES string of the molecule is Nc1c(N=Nc2ccc(S(=O)(=O)[O-])cc2)c(S(=O)(=O)[O-])cc2c1C(=O)/C(=N/Nc1cc(N=c3[nH]c(F)nc(=Nc4cccc(Cl)c4)[nH]3)ccc1S(=O)(=O)[O-])C(S(=O)(=O)[O-])=C2.[Na+].[Na+].[Na+].[Na+]. The Morgan fingerprint density at radius 3 is 1.89 bits per heavy atom. The maximum atomic E-state index is 14.4. The Hall–Kier alpha value is -2.37. The monoisotopic (exact) mass is 1010 g/mol. The van der Waals surface area contributed by atoms with Crippen LogP contribution in [-0.2, 0) is 40.5 Å². The van der Waals surface area contributed by atoms with E-state index in [1.807, 2.05) is 5.43 Å². The fourth-order valence-corrected chi connectivity index (χ4v) is 7.74. The van der Waals surface area contributed by atoms with Crippen LogP contribution in [0.2, 0.25) is 5.02 Å². The first-order valence-corrected chi connectivity index (χ1v) is 21.7. The van der Waals surface area contributed by atoms with Crippen LogP contribution in [0.4, 0.5) is 38.5 Å². The molecule has 0 saturated carbocycles. The Bertz CT molecular complexity index is 3380. The minimum Gasteiger partial charge on any atom is -0.744 e. The van der Waals surface area contributed by atoms with Gasteiger partial charge in [-0.3, -0.25) is 20.2 Å². The summed E-state index contributed by atoms with van der Waals surface area (Å²) in [7, 11) is -21.6. The Morgan fingerprint density at radius 2 is 1.31 bits per heavy atom. The Balaban J connectivity index is 0.00000352. The van der Waals surface area contributed by atoms with Crippen molar-refractivity contribution in [2.75, 3.05) is 11.2 Å². The van der Waals surface area contributed by atoms with E-state index in [1.54, 1.807) is 12.1 Å². The Morgan fingerprint density at radius 1 is 0.703 bits per heavy atom. The molecule has 23 nitrogen and oxygen atoms in total. The fraction of sp³-hybridized carbons (Fsp3) is 0. The molecule has 5 N–H and O–H groups in total. The molecule has 4 aromatic carbocycles. The van der Waals surface area contributed by atoms with Crippen LogP contribution >= 0.6 is 11.6 Å². The predicted octanol–water partition coefficient (Wildman–Crippen LogP) is -9.73. The number of Topliss-reactive ketones (excluding diaryl/α,β-unsaturated/α-hetero) is 1. The number of carbonyl (C=O) groups is 1. The molecule has 0 saturated heterocycles. The predicted molar refractivity (Wildman–Crippen MR) is 200 cm³/mol. The molecule has 64 heavy (non-hydrogen) atoms. The van der Waals surface area contributed by atoms with Crippen LogP contribution in [0.1, 0.15) is 15.9 Å². The number of allylic oxidation sites excluding steroid dienone is 1. The number of ketones is 1. The first kappa shape index (κ1) is 57.8. The second-order valence-corrected chi connectivity index (χ2v) is 17.6. The number of H-pyrrole nitrogens is 2. The van der Waals surface area contributed by atoms with E-state index in [0.717, 1.165) is 36.4 Å². The number of azo groups is 1. The number of fused-ring (bicyclic) bond motifs is 1. The van der Waals surface area contributed by atoms with Crippen molar-refractivity contribution in [2.24, 2.45) is 25.3 Å². The van der Waals surface area contributed by atoms with E-state index >= 15 is 0 Å². The van der Waals surface area contributed by atoms with Crippen molar-refractivity contribution >= 4 is 104 Å². The number of halogens is 2. The van der Waals surface area contributed by atoms with Crippen LogP contribution < -0.4 is 141 Å². The first-order valence-electron chi connectivity index (χ1n) is 15.7. The van der Waals surface area contributed by atoms with Gasteiger partial charge in [-0.25, -0.2) is 43.7 Å². The van der Waals surface area contributed by atoms with E-state index in [-0.39, 0.29) is 147 Å². The summed E-state index contributed by atoms with van der Waals surface area (Å²) in [5, 5.41) is 11.2. The van der Waals surface area contributed by atoms with Gasteiger partial charge in [0.05, 0.1) is 53.6 Å². The minimum absolute atomic E-state index is 0. The average Bonchev–Trinajstić information content (AvgIpc) is 3.12. The van der Waals surface area contributed by atoms with Gasteiger partial charge in [0.1, 0.15) is 51.9 Å². The van der Waals surface area contributed by atoms with E-state index < -0.39 is 106 Å². The fourth-order valence-electron chi connectivity index (χ4n) is 5.17. The molecular formula is C31H18ClFN10Na4O13S4. The second kappa shape index (κ2) is 22.6. The molecule has 1 aliphatic carbocycles. The number of aromatic nitrogens is 3. The largest absolute Gasteiger partial charge is 1.00 e. The van der Waals surface area contributed by atoms with Crippen molar-refractivity contribution in [2.45, 2.75) is 14.7 Å². The molecular weight excluding hydrogens is 995 g/mol. The molecule has 5 aromatic rings. The molecule has 0 atom stereocenters. The summed E-state index contributed by atoms with van der Waals surface area (Å²) in [6, 6.07) is 12.6. The zero-order valence-corrected chi connectivity index (χ0v) is 45.0. The van der Waals surface area contributed by atoms with Gasteiger partial charge >= 0.3 is 118 Å². The van der Waals surface area contributed by atoms with Crippen molar-refractivity contribution < 1.29 is 179 Å². The van der Waals surface area contributed by atoms with E-state index in [1.165, 1.54) is 12.1 Å². The van der Waals surface area contributed by atoms with Gasteiger partial charge in [-0.05, 0) is 78.4 Å². The number of nitrogens with one attached hydrogen (secondary N) is 3. The second-order valence-electron chi connectivity index (χ2n) is 11.7. The van der Waals surface area contributed by atoms with Crippen LogP contribution in [0.5, 0.6) is 0 Å². The summed E-state index contributed by atoms with van der Waals surface area (Å²) < 4.78 is 159. The number of hydrazone groups is 1. The molecule has 1 aliphatic rings. The molecule has 1 heterocycles. The third kappa shape index (κ3) is 14.1. The number of nitrogen functional groups attached to an aromatic ring is 1. The van der Waals surface area contributed by atoms with Crippen LogP contribution in [0, 0.1) is 6.08 Å². The maximum absolute atomic E-state index is 14.4. The van der Waals surface area contributed by atoms with Gasteiger partial charge in [-0.2, -0.15) is 19.6 Å². The third-order valence-electron chi connectivity index (χ3n) is 7.69. The molecule has 1 aromatic heterocycles. The van der Waals surface area contributed by atoms with Crippen molar-refractivity contribution in [3.63, 3.8) is 0 Å². The molecule has 0 amide bonds. The molecule has 0 spiro atoms.